The van der Waals surface area contributed by atoms with Gasteiger partial charge in [-0.2, -0.15) is 4.98 Å². The Morgan fingerprint density at radius 1 is 1.12 bits per heavy atom. The Hall–Kier alpha value is -2.18. The first-order chi connectivity index (χ1) is 11.5. The van der Waals surface area contributed by atoms with E-state index < -0.39 is 11.0 Å². The van der Waals surface area contributed by atoms with Crippen LogP contribution >= 0.6 is 11.6 Å². The monoisotopic (exact) mass is 360 g/mol. The van der Waals surface area contributed by atoms with Crippen molar-refractivity contribution in [3.05, 3.63) is 58.6 Å². The lowest BCUT2D eigenvalue weighted by Crippen LogP contribution is -2.08. The van der Waals surface area contributed by atoms with Crippen LogP contribution in [0.5, 0.6) is 0 Å². The Morgan fingerprint density at radius 3 is 2.54 bits per heavy atom. The Bertz CT molecular complexity index is 908. The van der Waals surface area contributed by atoms with Gasteiger partial charge in [0.05, 0.1) is 4.90 Å². The number of rotatable bonds is 4. The molecule has 0 bridgehead atoms. The molecule has 1 heterocycles. The minimum atomic E-state index is -1.46. The topological polar surface area (TPSA) is 59.8 Å². The van der Waals surface area contributed by atoms with E-state index in [0.717, 1.165) is 16.7 Å². The van der Waals surface area contributed by atoms with Gasteiger partial charge >= 0.3 is 0 Å². The van der Waals surface area contributed by atoms with Gasteiger partial charge in [-0.15, -0.1) is 5.10 Å². The van der Waals surface area contributed by atoms with E-state index in [-0.39, 0.29) is 0 Å². The van der Waals surface area contributed by atoms with Gasteiger partial charge in [0.15, 0.2) is 16.8 Å². The second-order valence-electron chi connectivity index (χ2n) is 5.49. The van der Waals surface area contributed by atoms with Crippen LogP contribution < -0.4 is 4.72 Å². The number of halogens is 1. The van der Waals surface area contributed by atoms with Crippen molar-refractivity contribution in [1.82, 2.24) is 14.8 Å². The van der Waals surface area contributed by atoms with E-state index in [2.05, 4.69) is 14.8 Å². The van der Waals surface area contributed by atoms with Gasteiger partial charge < -0.3 is 0 Å². The number of aromatic nitrogens is 3. The number of hydrogen-bond acceptors (Lipinski definition) is 3. The smallest absolute Gasteiger partial charge is 0.254 e. The minimum Gasteiger partial charge on any atom is -0.268 e. The zero-order valence-electron chi connectivity index (χ0n) is 13.6. The van der Waals surface area contributed by atoms with Crippen LogP contribution in [0.3, 0.4) is 0 Å². The maximum atomic E-state index is 12.6. The third-order valence-electron chi connectivity index (χ3n) is 3.63. The molecular weight excluding hydrogens is 344 g/mol. The standard InChI is InChI=1S/C17H17ClN4OS/c1-11-10-15(12(2)9-14(11)18)24(23)21-17-19-16(22(3)20-17)13-7-5-4-6-8-13/h4-10H,1-3H3,(H,20,21). The number of benzene rings is 2. The summed E-state index contributed by atoms with van der Waals surface area (Å²) in [4.78, 5) is 5.11. The molecule has 0 radical (unpaired) electrons. The van der Waals surface area contributed by atoms with Crippen molar-refractivity contribution in [1.29, 1.82) is 0 Å². The predicted octanol–water partition coefficient (Wildman–Crippen LogP) is 3.89. The summed E-state index contributed by atoms with van der Waals surface area (Å²) in [6.07, 6.45) is 0. The third kappa shape index (κ3) is 3.34. The maximum absolute atomic E-state index is 12.6. The molecule has 5 nitrogen and oxygen atoms in total. The largest absolute Gasteiger partial charge is 0.268 e. The first-order valence-corrected chi connectivity index (χ1v) is 8.90. The molecule has 0 aliphatic rings. The molecule has 1 atom stereocenters. The molecule has 0 amide bonds. The molecule has 0 saturated heterocycles. The fourth-order valence-electron chi connectivity index (χ4n) is 2.36. The molecule has 1 aromatic heterocycles. The summed E-state index contributed by atoms with van der Waals surface area (Å²) in [6, 6.07) is 13.4. The fraction of sp³-hybridized carbons (Fsp3) is 0.176. The van der Waals surface area contributed by atoms with Crippen molar-refractivity contribution in [2.45, 2.75) is 18.7 Å². The van der Waals surface area contributed by atoms with Crippen molar-refractivity contribution in [3.63, 3.8) is 0 Å². The first kappa shape index (κ1) is 16.7. The Labute approximate surface area is 148 Å². The normalized spacial score (nSPS) is 12.2. The van der Waals surface area contributed by atoms with Crippen LogP contribution in [0.1, 0.15) is 11.1 Å². The third-order valence-corrected chi connectivity index (χ3v) is 5.25. The average molecular weight is 361 g/mol. The molecule has 3 rings (SSSR count). The number of nitrogens with one attached hydrogen (secondary N) is 1. The van der Waals surface area contributed by atoms with E-state index in [9.17, 15) is 4.21 Å². The molecule has 0 fully saturated rings. The molecule has 0 spiro atoms. The zero-order chi connectivity index (χ0) is 17.3. The molecule has 1 N–H and O–H groups in total. The van der Waals surface area contributed by atoms with E-state index in [1.807, 2.05) is 56.3 Å². The van der Waals surface area contributed by atoms with Gasteiger partial charge in [-0.1, -0.05) is 41.9 Å². The predicted molar refractivity (Wildman–Crippen MR) is 97.4 cm³/mol. The molecule has 0 aliphatic heterocycles. The highest BCUT2D eigenvalue weighted by Crippen LogP contribution is 2.24. The van der Waals surface area contributed by atoms with E-state index in [1.54, 1.807) is 11.7 Å². The Balaban J connectivity index is 1.87. The van der Waals surface area contributed by atoms with Gasteiger partial charge in [0.2, 0.25) is 0 Å². The van der Waals surface area contributed by atoms with Gasteiger partial charge in [0, 0.05) is 17.6 Å². The summed E-state index contributed by atoms with van der Waals surface area (Å²) in [5.74, 6) is 1.03. The van der Waals surface area contributed by atoms with Gasteiger partial charge in [0.25, 0.3) is 5.95 Å². The van der Waals surface area contributed by atoms with Crippen LogP contribution in [-0.4, -0.2) is 19.0 Å². The average Bonchev–Trinajstić information content (AvgIpc) is 2.92. The van der Waals surface area contributed by atoms with Gasteiger partial charge in [-0.25, -0.2) is 8.89 Å². The zero-order valence-corrected chi connectivity index (χ0v) is 15.1. The minimum absolute atomic E-state index is 0.321. The highest BCUT2D eigenvalue weighted by atomic mass is 35.5. The van der Waals surface area contributed by atoms with Crippen LogP contribution in [-0.2, 0) is 18.0 Å². The summed E-state index contributed by atoms with van der Waals surface area (Å²) in [5, 5.41) is 4.96. The highest BCUT2D eigenvalue weighted by molar-refractivity contribution is 7.86. The highest BCUT2D eigenvalue weighted by Gasteiger charge is 2.14. The number of nitrogens with zero attached hydrogens (tertiary/aromatic N) is 3. The van der Waals surface area contributed by atoms with Gasteiger partial charge in [-0.3, -0.25) is 4.72 Å². The molecule has 1 unspecified atom stereocenters. The van der Waals surface area contributed by atoms with Crippen molar-refractivity contribution in [2.24, 2.45) is 7.05 Å². The van der Waals surface area contributed by atoms with Crippen molar-refractivity contribution in [2.75, 3.05) is 4.72 Å². The summed E-state index contributed by atoms with van der Waals surface area (Å²) < 4.78 is 17.1. The van der Waals surface area contributed by atoms with Gasteiger partial charge in [0.1, 0.15) is 0 Å². The molecule has 3 aromatic rings. The lowest BCUT2D eigenvalue weighted by molar-refractivity contribution is 0.685. The maximum Gasteiger partial charge on any atom is 0.254 e. The number of anilines is 1. The quantitative estimate of drug-likeness (QED) is 0.767. The summed E-state index contributed by atoms with van der Waals surface area (Å²) in [7, 11) is 0.344. The second-order valence-corrected chi connectivity index (χ2v) is 7.07. The second kappa shape index (κ2) is 6.75. The van der Waals surface area contributed by atoms with Crippen LogP contribution in [0.25, 0.3) is 11.4 Å². The summed E-state index contributed by atoms with van der Waals surface area (Å²) >= 11 is 6.10. The van der Waals surface area contributed by atoms with Crippen LogP contribution in [0, 0.1) is 13.8 Å². The van der Waals surface area contributed by atoms with Crippen molar-refractivity contribution < 1.29 is 4.21 Å². The molecule has 124 valence electrons. The molecule has 0 aliphatic carbocycles. The molecule has 7 heteroatoms. The van der Waals surface area contributed by atoms with Gasteiger partial charge in [-0.05, 0) is 37.1 Å². The molecule has 2 aromatic carbocycles. The lowest BCUT2D eigenvalue weighted by Gasteiger charge is -2.08. The van der Waals surface area contributed by atoms with E-state index in [4.69, 9.17) is 11.6 Å². The van der Waals surface area contributed by atoms with Crippen LogP contribution in [0.4, 0.5) is 5.95 Å². The first-order valence-electron chi connectivity index (χ1n) is 7.37. The molecule has 24 heavy (non-hydrogen) atoms. The van der Waals surface area contributed by atoms with Crippen molar-refractivity contribution in [3.8, 4) is 11.4 Å². The van der Waals surface area contributed by atoms with E-state index >= 15 is 0 Å². The number of aryl methyl sites for hydroxylation is 3. The SMILES string of the molecule is Cc1cc(S(=O)Nc2nc(-c3ccccc3)n(C)n2)c(C)cc1Cl. The number of hydrogen-bond donors (Lipinski definition) is 1. The van der Waals surface area contributed by atoms with E-state index in [0.29, 0.717) is 21.7 Å². The molecule has 0 saturated carbocycles. The summed E-state index contributed by atoms with van der Waals surface area (Å²) in [6.45, 7) is 3.76. The Kier molecular flexibility index (Phi) is 4.69. The fourth-order valence-corrected chi connectivity index (χ4v) is 3.57. The lowest BCUT2D eigenvalue weighted by atomic mass is 10.2. The van der Waals surface area contributed by atoms with E-state index in [1.165, 1.54) is 0 Å². The van der Waals surface area contributed by atoms with Crippen LogP contribution in [0.15, 0.2) is 47.4 Å². The Morgan fingerprint density at radius 2 is 1.83 bits per heavy atom. The summed E-state index contributed by atoms with van der Waals surface area (Å²) in [5.41, 5.74) is 2.69. The van der Waals surface area contributed by atoms with Crippen LogP contribution in [0.2, 0.25) is 5.02 Å². The van der Waals surface area contributed by atoms with Crippen molar-refractivity contribution >= 4 is 28.5 Å². The molecular formula is C17H17ClN4OS.